The van der Waals surface area contributed by atoms with Crippen LogP contribution < -0.4 is 4.90 Å². The number of hydrogen-bond donors (Lipinski definition) is 0. The van der Waals surface area contributed by atoms with Crippen LogP contribution in [0, 0.1) is 23.2 Å². The van der Waals surface area contributed by atoms with E-state index in [9.17, 15) is 0 Å². The lowest BCUT2D eigenvalue weighted by molar-refractivity contribution is 0.162. The molecule has 1 saturated carbocycles. The first-order valence-corrected chi connectivity index (χ1v) is 8.53. The van der Waals surface area contributed by atoms with E-state index in [2.05, 4.69) is 34.7 Å². The third kappa shape index (κ3) is 3.59. The zero-order valence-electron chi connectivity index (χ0n) is 13.7. The zero-order chi connectivity index (χ0) is 15.5. The minimum absolute atomic E-state index is 0.512. The van der Waals surface area contributed by atoms with E-state index in [1.165, 1.54) is 32.4 Å². The number of nitriles is 1. The smallest absolute Gasteiger partial charge is 0.142 e. The van der Waals surface area contributed by atoms with E-state index in [-0.39, 0.29) is 0 Å². The zero-order valence-corrected chi connectivity index (χ0v) is 13.7. The number of rotatable bonds is 4. The summed E-state index contributed by atoms with van der Waals surface area (Å²) in [5, 5.41) is 9.07. The van der Waals surface area contributed by atoms with Crippen LogP contribution in [0.25, 0.3) is 0 Å². The Hall–Kier alpha value is -1.60. The summed E-state index contributed by atoms with van der Waals surface area (Å²) < 4.78 is 0. The Kier molecular flexibility index (Phi) is 4.63. The van der Waals surface area contributed by atoms with E-state index in [0.29, 0.717) is 17.7 Å². The molecule has 118 valence electrons. The summed E-state index contributed by atoms with van der Waals surface area (Å²) in [6.07, 6.45) is 4.00. The second-order valence-corrected chi connectivity index (χ2v) is 7.04. The number of anilines is 1. The highest BCUT2D eigenvalue weighted by atomic mass is 15.3. The normalized spacial score (nSPS) is 23.4. The van der Waals surface area contributed by atoms with E-state index in [1.54, 1.807) is 6.07 Å². The van der Waals surface area contributed by atoms with Crippen molar-refractivity contribution < 1.29 is 0 Å². The molecular formula is C18H26N4. The molecule has 1 aliphatic carbocycles. The molecule has 0 unspecified atom stereocenters. The fourth-order valence-electron chi connectivity index (χ4n) is 3.42. The van der Waals surface area contributed by atoms with Crippen molar-refractivity contribution in [1.82, 2.24) is 9.88 Å². The summed E-state index contributed by atoms with van der Waals surface area (Å²) >= 11 is 0. The molecule has 3 rings (SSSR count). The third-order valence-corrected chi connectivity index (χ3v) is 4.88. The molecule has 2 aliphatic rings. The van der Waals surface area contributed by atoms with Crippen LogP contribution in [0.1, 0.15) is 38.8 Å². The standard InChI is InChI=1S/C18H26N4/c1-14(2)17-13-22(18-6-3-5-16(11-19)20-18)10-4-9-21(17)12-15-7-8-15/h3,5-6,14-15,17H,4,7-10,12-13H2,1-2H3/t17-/m0/s1. The minimum Gasteiger partial charge on any atom is -0.355 e. The predicted molar refractivity (Wildman–Crippen MR) is 88.7 cm³/mol. The monoisotopic (exact) mass is 298 g/mol. The maximum absolute atomic E-state index is 9.07. The topological polar surface area (TPSA) is 43.2 Å². The van der Waals surface area contributed by atoms with E-state index >= 15 is 0 Å². The van der Waals surface area contributed by atoms with Gasteiger partial charge in [-0.2, -0.15) is 5.26 Å². The van der Waals surface area contributed by atoms with Gasteiger partial charge in [0.2, 0.25) is 0 Å². The number of pyridine rings is 1. The molecule has 0 bridgehead atoms. The van der Waals surface area contributed by atoms with Crippen molar-refractivity contribution >= 4 is 5.82 Å². The molecule has 0 N–H and O–H groups in total. The van der Waals surface area contributed by atoms with Gasteiger partial charge in [-0.05, 0) is 43.2 Å². The van der Waals surface area contributed by atoms with E-state index in [4.69, 9.17) is 5.26 Å². The number of aromatic nitrogens is 1. The summed E-state index contributed by atoms with van der Waals surface area (Å²) in [4.78, 5) is 9.57. The maximum atomic E-state index is 9.07. The van der Waals surface area contributed by atoms with Crippen molar-refractivity contribution in [2.24, 2.45) is 11.8 Å². The van der Waals surface area contributed by atoms with E-state index in [1.807, 2.05) is 12.1 Å². The van der Waals surface area contributed by atoms with Gasteiger partial charge in [0.15, 0.2) is 0 Å². The SMILES string of the molecule is CC(C)[C@@H]1CN(c2cccc(C#N)n2)CCCN1CC1CC1. The van der Waals surface area contributed by atoms with Crippen molar-refractivity contribution in [1.29, 1.82) is 5.26 Å². The van der Waals surface area contributed by atoms with Gasteiger partial charge in [-0.15, -0.1) is 0 Å². The molecule has 0 amide bonds. The van der Waals surface area contributed by atoms with Gasteiger partial charge in [0.1, 0.15) is 17.6 Å². The van der Waals surface area contributed by atoms with Crippen molar-refractivity contribution in [3.05, 3.63) is 23.9 Å². The molecule has 0 spiro atoms. The molecule has 1 aromatic heterocycles. The highest BCUT2D eigenvalue weighted by Gasteiger charge is 2.32. The van der Waals surface area contributed by atoms with Crippen LogP contribution in [0.5, 0.6) is 0 Å². The van der Waals surface area contributed by atoms with Gasteiger partial charge in [-0.25, -0.2) is 4.98 Å². The minimum atomic E-state index is 0.512. The van der Waals surface area contributed by atoms with Crippen LogP contribution in [0.3, 0.4) is 0 Å². The molecule has 1 saturated heterocycles. The van der Waals surface area contributed by atoms with Crippen LogP contribution in [0.2, 0.25) is 0 Å². The van der Waals surface area contributed by atoms with Crippen molar-refractivity contribution in [2.75, 3.05) is 31.1 Å². The maximum Gasteiger partial charge on any atom is 0.142 e. The first-order valence-electron chi connectivity index (χ1n) is 8.53. The van der Waals surface area contributed by atoms with Gasteiger partial charge in [0.25, 0.3) is 0 Å². The lowest BCUT2D eigenvalue weighted by Gasteiger charge is -2.35. The average molecular weight is 298 g/mol. The highest BCUT2D eigenvalue weighted by Crippen LogP contribution is 2.32. The first kappa shape index (κ1) is 15.3. The Morgan fingerprint density at radius 3 is 2.82 bits per heavy atom. The van der Waals surface area contributed by atoms with Gasteiger partial charge in [0.05, 0.1) is 0 Å². The molecule has 2 heterocycles. The second-order valence-electron chi connectivity index (χ2n) is 7.04. The molecule has 2 fully saturated rings. The van der Waals surface area contributed by atoms with Crippen molar-refractivity contribution in [3.63, 3.8) is 0 Å². The summed E-state index contributed by atoms with van der Waals surface area (Å²) in [5.74, 6) is 2.53. The Bertz CT molecular complexity index is 544. The molecule has 22 heavy (non-hydrogen) atoms. The van der Waals surface area contributed by atoms with E-state index < -0.39 is 0 Å². The molecule has 0 radical (unpaired) electrons. The van der Waals surface area contributed by atoms with Gasteiger partial charge < -0.3 is 4.90 Å². The predicted octanol–water partition coefficient (Wildman–Crippen LogP) is 2.90. The highest BCUT2D eigenvalue weighted by molar-refractivity contribution is 5.42. The molecule has 1 aromatic rings. The molecule has 1 aliphatic heterocycles. The quantitative estimate of drug-likeness (QED) is 0.857. The molecule has 4 nitrogen and oxygen atoms in total. The fraction of sp³-hybridized carbons (Fsp3) is 0.667. The van der Waals surface area contributed by atoms with Crippen LogP contribution in [0.4, 0.5) is 5.82 Å². The summed E-state index contributed by atoms with van der Waals surface area (Å²) in [6, 6.07) is 8.49. The van der Waals surface area contributed by atoms with Crippen LogP contribution in [0.15, 0.2) is 18.2 Å². The lowest BCUT2D eigenvalue weighted by Crippen LogP contribution is -2.45. The molecule has 1 atom stereocenters. The Morgan fingerprint density at radius 1 is 1.32 bits per heavy atom. The summed E-state index contributed by atoms with van der Waals surface area (Å²) in [7, 11) is 0. The van der Waals surface area contributed by atoms with Crippen LogP contribution >= 0.6 is 0 Å². The number of hydrogen-bond acceptors (Lipinski definition) is 4. The summed E-state index contributed by atoms with van der Waals surface area (Å²) in [5.41, 5.74) is 0.512. The Balaban J connectivity index is 1.76. The van der Waals surface area contributed by atoms with Crippen LogP contribution in [-0.4, -0.2) is 42.1 Å². The summed E-state index contributed by atoms with van der Waals surface area (Å²) in [6.45, 7) is 9.16. The van der Waals surface area contributed by atoms with Crippen molar-refractivity contribution in [3.8, 4) is 6.07 Å². The Labute approximate surface area is 133 Å². The second kappa shape index (κ2) is 6.66. The van der Waals surface area contributed by atoms with Crippen molar-refractivity contribution in [2.45, 2.75) is 39.2 Å². The average Bonchev–Trinajstić information content (AvgIpc) is 3.34. The fourth-order valence-corrected chi connectivity index (χ4v) is 3.42. The van der Waals surface area contributed by atoms with Gasteiger partial charge >= 0.3 is 0 Å². The molecule has 0 aromatic carbocycles. The van der Waals surface area contributed by atoms with Crippen LogP contribution in [-0.2, 0) is 0 Å². The largest absolute Gasteiger partial charge is 0.355 e. The number of nitrogens with zero attached hydrogens (tertiary/aromatic N) is 4. The van der Waals surface area contributed by atoms with Gasteiger partial charge in [-0.1, -0.05) is 19.9 Å². The van der Waals surface area contributed by atoms with E-state index in [0.717, 1.165) is 24.8 Å². The van der Waals surface area contributed by atoms with Gasteiger partial charge in [-0.3, -0.25) is 4.90 Å². The van der Waals surface area contributed by atoms with Gasteiger partial charge in [0, 0.05) is 32.2 Å². The lowest BCUT2D eigenvalue weighted by atomic mass is 10.0. The molecule has 4 heteroatoms. The Morgan fingerprint density at radius 2 is 2.14 bits per heavy atom. The first-order chi connectivity index (χ1) is 10.7. The molecular weight excluding hydrogens is 272 g/mol. The third-order valence-electron chi connectivity index (χ3n) is 4.88.